The zero-order chi connectivity index (χ0) is 25.2. The van der Waals surface area contributed by atoms with E-state index in [1.54, 1.807) is 0 Å². The summed E-state index contributed by atoms with van der Waals surface area (Å²) in [5, 5.41) is 3.50. The molecule has 3 aromatic carbocycles. The standard InChI is InChI=1S/C33H31NOS/c1-19-9-7-10-20(2)30(19)26-16-28(34-18-22(26)17-33(4,5)6)25-12-8-11-23-24-13-14-29-27(15-21(3)36-29)32(24)35-31(23)25/h7-16,18H,17H2,1-6H3. The maximum atomic E-state index is 6.64. The molecule has 3 heteroatoms. The third-order valence-corrected chi connectivity index (χ3v) is 8.03. The summed E-state index contributed by atoms with van der Waals surface area (Å²) in [6.45, 7) is 13.4. The van der Waals surface area contributed by atoms with Crippen molar-refractivity contribution in [1.82, 2.24) is 4.98 Å². The van der Waals surface area contributed by atoms with Crippen molar-refractivity contribution in [2.45, 2.75) is 48.0 Å². The number of furan rings is 1. The molecule has 0 spiro atoms. The van der Waals surface area contributed by atoms with Crippen LogP contribution >= 0.6 is 11.3 Å². The first-order valence-electron chi connectivity index (χ1n) is 12.6. The summed E-state index contributed by atoms with van der Waals surface area (Å²) in [6.07, 6.45) is 3.05. The Bertz CT molecular complexity index is 1760. The van der Waals surface area contributed by atoms with Crippen molar-refractivity contribution in [1.29, 1.82) is 0 Å². The Morgan fingerprint density at radius 1 is 0.778 bits per heavy atom. The Morgan fingerprint density at radius 3 is 2.25 bits per heavy atom. The lowest BCUT2D eigenvalue weighted by Crippen LogP contribution is -2.11. The average molecular weight is 490 g/mol. The van der Waals surface area contributed by atoms with Crippen LogP contribution < -0.4 is 0 Å². The van der Waals surface area contributed by atoms with E-state index in [0.29, 0.717) is 0 Å². The Kier molecular flexibility index (Phi) is 5.31. The Hall–Kier alpha value is -3.43. The normalized spacial score (nSPS) is 12.3. The number of benzene rings is 3. The number of thiophene rings is 1. The smallest absolute Gasteiger partial charge is 0.144 e. The van der Waals surface area contributed by atoms with Crippen molar-refractivity contribution in [3.63, 3.8) is 0 Å². The number of nitrogens with zero attached hydrogens (tertiary/aromatic N) is 1. The van der Waals surface area contributed by atoms with Gasteiger partial charge in [0.2, 0.25) is 0 Å². The largest absolute Gasteiger partial charge is 0.455 e. The molecule has 6 aromatic rings. The number of hydrogen-bond acceptors (Lipinski definition) is 3. The summed E-state index contributed by atoms with van der Waals surface area (Å²) >= 11 is 1.81. The first-order chi connectivity index (χ1) is 17.2. The van der Waals surface area contributed by atoms with E-state index in [1.807, 2.05) is 11.3 Å². The number of aryl methyl sites for hydroxylation is 3. The van der Waals surface area contributed by atoms with Gasteiger partial charge in [0.15, 0.2) is 0 Å². The van der Waals surface area contributed by atoms with Crippen molar-refractivity contribution < 1.29 is 4.42 Å². The van der Waals surface area contributed by atoms with Crippen LogP contribution in [0.2, 0.25) is 0 Å². The molecule has 0 atom stereocenters. The molecule has 0 bridgehead atoms. The van der Waals surface area contributed by atoms with Gasteiger partial charge >= 0.3 is 0 Å². The van der Waals surface area contributed by atoms with E-state index in [9.17, 15) is 0 Å². The molecule has 0 aliphatic rings. The predicted octanol–water partition coefficient (Wildman–Crippen LogP) is 10.0. The molecule has 3 heterocycles. The van der Waals surface area contributed by atoms with Crippen LogP contribution in [-0.4, -0.2) is 4.98 Å². The highest BCUT2D eigenvalue weighted by Gasteiger charge is 2.20. The second-order valence-electron chi connectivity index (χ2n) is 11.2. The van der Waals surface area contributed by atoms with Crippen molar-refractivity contribution in [2.24, 2.45) is 5.41 Å². The molecule has 0 N–H and O–H groups in total. The molecule has 36 heavy (non-hydrogen) atoms. The summed E-state index contributed by atoms with van der Waals surface area (Å²) < 4.78 is 7.90. The van der Waals surface area contributed by atoms with E-state index in [0.717, 1.165) is 39.6 Å². The monoisotopic (exact) mass is 489 g/mol. The lowest BCUT2D eigenvalue weighted by Gasteiger charge is -2.22. The maximum Gasteiger partial charge on any atom is 0.144 e. The van der Waals surface area contributed by atoms with Gasteiger partial charge in [-0.2, -0.15) is 0 Å². The quantitative estimate of drug-likeness (QED) is 0.247. The second-order valence-corrected chi connectivity index (χ2v) is 12.5. The third-order valence-electron chi connectivity index (χ3n) is 7.02. The molecule has 0 aliphatic heterocycles. The molecule has 0 amide bonds. The Labute approximate surface area is 216 Å². The van der Waals surface area contributed by atoms with Crippen LogP contribution in [0.1, 0.15) is 42.3 Å². The SMILES string of the molecule is Cc1cc2c(ccc3c4cccc(-c5cc(-c6c(C)cccc6C)c(CC(C)(C)C)cn5)c4oc23)s1. The molecule has 0 aliphatic carbocycles. The summed E-state index contributed by atoms with van der Waals surface area (Å²) in [5.41, 5.74) is 10.5. The van der Waals surface area contributed by atoms with Gasteiger partial charge < -0.3 is 4.42 Å². The minimum Gasteiger partial charge on any atom is -0.455 e. The highest BCUT2D eigenvalue weighted by Crippen LogP contribution is 2.42. The van der Waals surface area contributed by atoms with E-state index in [-0.39, 0.29) is 5.41 Å². The molecule has 0 saturated carbocycles. The van der Waals surface area contributed by atoms with E-state index in [4.69, 9.17) is 9.40 Å². The lowest BCUT2D eigenvalue weighted by molar-refractivity contribution is 0.411. The van der Waals surface area contributed by atoms with Crippen LogP contribution in [0.3, 0.4) is 0 Å². The number of hydrogen-bond donors (Lipinski definition) is 0. The number of para-hydroxylation sites is 1. The van der Waals surface area contributed by atoms with E-state index < -0.39 is 0 Å². The van der Waals surface area contributed by atoms with Gasteiger partial charge in [0.05, 0.1) is 5.69 Å². The Morgan fingerprint density at radius 2 is 1.50 bits per heavy atom. The zero-order valence-corrected chi connectivity index (χ0v) is 22.6. The van der Waals surface area contributed by atoms with Crippen LogP contribution in [0.25, 0.3) is 54.4 Å². The maximum absolute atomic E-state index is 6.64. The van der Waals surface area contributed by atoms with Crippen LogP contribution in [-0.2, 0) is 6.42 Å². The fourth-order valence-electron chi connectivity index (χ4n) is 5.51. The van der Waals surface area contributed by atoms with Gasteiger partial charge in [-0.15, -0.1) is 11.3 Å². The Balaban J connectivity index is 1.61. The highest BCUT2D eigenvalue weighted by atomic mass is 32.1. The lowest BCUT2D eigenvalue weighted by atomic mass is 9.83. The molecule has 0 radical (unpaired) electrons. The fourth-order valence-corrected chi connectivity index (χ4v) is 6.43. The van der Waals surface area contributed by atoms with Gasteiger partial charge in [-0.25, -0.2) is 0 Å². The van der Waals surface area contributed by atoms with E-state index in [1.165, 1.54) is 42.8 Å². The van der Waals surface area contributed by atoms with Crippen LogP contribution in [0.4, 0.5) is 0 Å². The first kappa shape index (κ1) is 23.0. The van der Waals surface area contributed by atoms with Gasteiger partial charge in [-0.05, 0) is 90.8 Å². The summed E-state index contributed by atoms with van der Waals surface area (Å²) in [4.78, 5) is 6.31. The topological polar surface area (TPSA) is 26.0 Å². The number of fused-ring (bicyclic) bond motifs is 5. The van der Waals surface area contributed by atoms with Gasteiger partial charge in [-0.3, -0.25) is 4.98 Å². The molecule has 0 fully saturated rings. The fraction of sp³-hybridized carbons (Fsp3) is 0.242. The zero-order valence-electron chi connectivity index (χ0n) is 21.8. The molecular weight excluding hydrogens is 458 g/mol. The second kappa shape index (κ2) is 8.31. The van der Waals surface area contributed by atoms with Gasteiger partial charge in [-0.1, -0.05) is 51.1 Å². The molecular formula is C33H31NOS. The minimum absolute atomic E-state index is 0.164. The van der Waals surface area contributed by atoms with Crippen molar-refractivity contribution in [3.8, 4) is 22.4 Å². The molecule has 6 rings (SSSR count). The molecule has 0 saturated heterocycles. The van der Waals surface area contributed by atoms with Crippen molar-refractivity contribution in [2.75, 3.05) is 0 Å². The van der Waals surface area contributed by atoms with E-state index in [2.05, 4.69) is 108 Å². The van der Waals surface area contributed by atoms with Crippen LogP contribution in [0.15, 0.2) is 71.3 Å². The molecule has 2 nitrogen and oxygen atoms in total. The summed E-state index contributed by atoms with van der Waals surface area (Å²) in [6, 6.07) is 21.9. The first-order valence-corrected chi connectivity index (χ1v) is 13.4. The van der Waals surface area contributed by atoms with Gasteiger partial charge in [0, 0.05) is 37.5 Å². The molecule has 3 aromatic heterocycles. The summed E-state index contributed by atoms with van der Waals surface area (Å²) in [5.74, 6) is 0. The van der Waals surface area contributed by atoms with Crippen molar-refractivity contribution in [3.05, 3.63) is 88.4 Å². The van der Waals surface area contributed by atoms with Gasteiger partial charge in [0.1, 0.15) is 11.2 Å². The van der Waals surface area contributed by atoms with Crippen molar-refractivity contribution >= 4 is 43.4 Å². The highest BCUT2D eigenvalue weighted by molar-refractivity contribution is 7.19. The number of aromatic nitrogens is 1. The molecule has 180 valence electrons. The van der Waals surface area contributed by atoms with Gasteiger partial charge in [0.25, 0.3) is 0 Å². The third kappa shape index (κ3) is 3.83. The predicted molar refractivity (Wildman–Crippen MR) is 155 cm³/mol. The number of pyridine rings is 1. The minimum atomic E-state index is 0.164. The molecule has 0 unspecified atom stereocenters. The van der Waals surface area contributed by atoms with Crippen LogP contribution in [0, 0.1) is 26.2 Å². The van der Waals surface area contributed by atoms with Crippen LogP contribution in [0.5, 0.6) is 0 Å². The number of rotatable bonds is 3. The average Bonchev–Trinajstić information content (AvgIpc) is 3.38. The van der Waals surface area contributed by atoms with E-state index >= 15 is 0 Å². The summed E-state index contributed by atoms with van der Waals surface area (Å²) in [7, 11) is 0.